The molecule has 0 saturated heterocycles. The molecule has 2 aromatic heterocycles. The van der Waals surface area contributed by atoms with Crippen LogP contribution >= 0.6 is 11.6 Å². The van der Waals surface area contributed by atoms with Crippen molar-refractivity contribution < 1.29 is 22.7 Å². The summed E-state index contributed by atoms with van der Waals surface area (Å²) in [6.45, 7) is 3.61. The number of hydrogen-bond donors (Lipinski definition) is 1. The average molecular weight is 475 g/mol. The van der Waals surface area contributed by atoms with Crippen molar-refractivity contribution in [2.45, 2.75) is 20.0 Å². The van der Waals surface area contributed by atoms with Gasteiger partial charge in [0.1, 0.15) is 10.8 Å². The third-order valence-corrected chi connectivity index (χ3v) is 5.47. The first-order valence-corrected chi connectivity index (χ1v) is 10.2. The van der Waals surface area contributed by atoms with Gasteiger partial charge in [-0.15, -0.1) is 0 Å². The molecule has 10 heteroatoms. The Bertz CT molecular complexity index is 1360. The van der Waals surface area contributed by atoms with Crippen molar-refractivity contribution in [2.75, 3.05) is 12.4 Å². The van der Waals surface area contributed by atoms with Gasteiger partial charge in [0.2, 0.25) is 0 Å². The number of nitrogens with zero attached hydrogens (tertiary/aromatic N) is 3. The molecule has 170 valence electrons. The fraction of sp³-hybridized carbons (Fsp3) is 0.174. The predicted molar refractivity (Wildman–Crippen MR) is 119 cm³/mol. The number of carbonyl (C=O) groups excluding carboxylic acids is 1. The largest absolute Gasteiger partial charge is 0.497 e. The van der Waals surface area contributed by atoms with E-state index in [4.69, 9.17) is 16.3 Å². The highest BCUT2D eigenvalue weighted by Gasteiger charge is 2.36. The lowest BCUT2D eigenvalue weighted by molar-refractivity contribution is -0.142. The number of fused-ring (bicyclic) bond motifs is 1. The second kappa shape index (κ2) is 8.40. The van der Waals surface area contributed by atoms with Crippen LogP contribution in [0.15, 0.2) is 48.5 Å². The first-order valence-electron chi connectivity index (χ1n) is 9.78. The summed E-state index contributed by atoms with van der Waals surface area (Å²) in [4.78, 5) is 17.2. The van der Waals surface area contributed by atoms with Gasteiger partial charge in [0.05, 0.1) is 12.8 Å². The number of hydrogen-bond acceptors (Lipinski definition) is 4. The summed E-state index contributed by atoms with van der Waals surface area (Å²) in [6.07, 6.45) is -4.77. The summed E-state index contributed by atoms with van der Waals surface area (Å²) in [7, 11) is 1.45. The highest BCUT2D eigenvalue weighted by molar-refractivity contribution is 6.37. The Morgan fingerprint density at radius 3 is 2.39 bits per heavy atom. The lowest BCUT2D eigenvalue weighted by Gasteiger charge is -2.11. The average Bonchev–Trinajstić information content (AvgIpc) is 3.11. The summed E-state index contributed by atoms with van der Waals surface area (Å²) in [5.41, 5.74) is 0.764. The molecule has 0 fully saturated rings. The van der Waals surface area contributed by atoms with Crippen LogP contribution < -0.4 is 10.1 Å². The SMILES string of the molecule is COc1cccc(-c2cc(C(F)(F)F)n3nc(C(=O)Nc4c(C)cccc4C)c(Cl)c3n2)c1. The van der Waals surface area contributed by atoms with Gasteiger partial charge in [0.25, 0.3) is 5.91 Å². The number of methoxy groups -OCH3 is 1. The first kappa shape index (κ1) is 22.6. The first-order chi connectivity index (χ1) is 15.6. The molecule has 6 nitrogen and oxygen atoms in total. The van der Waals surface area contributed by atoms with E-state index < -0.39 is 17.8 Å². The Labute approximate surface area is 192 Å². The number of ether oxygens (including phenoxy) is 1. The van der Waals surface area contributed by atoms with Gasteiger partial charge in [-0.05, 0) is 43.2 Å². The lowest BCUT2D eigenvalue weighted by atomic mass is 10.1. The number of aromatic nitrogens is 3. The molecule has 0 aliphatic carbocycles. The van der Waals surface area contributed by atoms with Crippen LogP contribution in [0.3, 0.4) is 0 Å². The highest BCUT2D eigenvalue weighted by atomic mass is 35.5. The third-order valence-electron chi connectivity index (χ3n) is 5.12. The van der Waals surface area contributed by atoms with E-state index in [1.165, 1.54) is 7.11 Å². The number of aryl methyl sites for hydroxylation is 2. The number of carbonyl (C=O) groups is 1. The Hall–Kier alpha value is -3.59. The molecule has 0 radical (unpaired) electrons. The van der Waals surface area contributed by atoms with Crippen LogP contribution in [0.2, 0.25) is 5.02 Å². The standard InChI is InChI=1S/C23H18ClF3N4O2/c1-12-6-4-7-13(2)19(12)29-22(32)20-18(24)21-28-16(14-8-5-9-15(10-14)33-3)11-17(23(25,26)27)31(21)30-20/h4-11H,1-3H3,(H,29,32). The molecular formula is C23H18ClF3N4O2. The van der Waals surface area contributed by atoms with E-state index in [1.54, 1.807) is 50.2 Å². The second-order valence-electron chi connectivity index (χ2n) is 7.38. The van der Waals surface area contributed by atoms with Crippen molar-refractivity contribution in [2.24, 2.45) is 0 Å². The highest BCUT2D eigenvalue weighted by Crippen LogP contribution is 2.35. The molecule has 2 heterocycles. The van der Waals surface area contributed by atoms with E-state index in [-0.39, 0.29) is 22.1 Å². The van der Waals surface area contributed by atoms with Crippen molar-refractivity contribution in [3.63, 3.8) is 0 Å². The van der Waals surface area contributed by atoms with E-state index in [9.17, 15) is 18.0 Å². The normalized spacial score (nSPS) is 11.6. The van der Waals surface area contributed by atoms with E-state index in [1.807, 2.05) is 6.07 Å². The number of para-hydroxylation sites is 1. The molecule has 1 amide bonds. The number of benzene rings is 2. The molecular weight excluding hydrogens is 457 g/mol. The molecule has 2 aromatic carbocycles. The van der Waals surface area contributed by atoms with Gasteiger partial charge in [-0.1, -0.05) is 41.9 Å². The molecule has 0 bridgehead atoms. The van der Waals surface area contributed by atoms with Crippen LogP contribution in [0.4, 0.5) is 18.9 Å². The zero-order valence-corrected chi connectivity index (χ0v) is 18.5. The van der Waals surface area contributed by atoms with Crippen LogP contribution in [0, 0.1) is 13.8 Å². The minimum atomic E-state index is -4.77. The molecule has 0 atom stereocenters. The summed E-state index contributed by atoms with van der Waals surface area (Å²) in [5.74, 6) is -0.282. The van der Waals surface area contributed by atoms with Crippen LogP contribution in [0.1, 0.15) is 27.3 Å². The fourth-order valence-electron chi connectivity index (χ4n) is 3.45. The summed E-state index contributed by atoms with van der Waals surface area (Å²) >= 11 is 6.34. The summed E-state index contributed by atoms with van der Waals surface area (Å²) < 4.78 is 47.4. The number of amides is 1. The van der Waals surface area contributed by atoms with Crippen molar-refractivity contribution in [3.8, 4) is 17.0 Å². The maximum atomic E-state index is 13.9. The van der Waals surface area contributed by atoms with E-state index in [0.717, 1.165) is 17.2 Å². The van der Waals surface area contributed by atoms with Crippen LogP contribution in [0.25, 0.3) is 16.9 Å². The lowest BCUT2D eigenvalue weighted by Crippen LogP contribution is -2.16. The zero-order chi connectivity index (χ0) is 23.9. The van der Waals surface area contributed by atoms with Crippen LogP contribution in [-0.4, -0.2) is 27.6 Å². The Morgan fingerprint density at radius 1 is 1.09 bits per heavy atom. The Balaban J connectivity index is 1.87. The minimum absolute atomic E-state index is 0.0113. The summed E-state index contributed by atoms with van der Waals surface area (Å²) in [5, 5.41) is 6.28. The van der Waals surface area contributed by atoms with Gasteiger partial charge in [0.15, 0.2) is 17.0 Å². The number of nitrogens with one attached hydrogen (secondary N) is 1. The molecule has 0 aliphatic rings. The minimum Gasteiger partial charge on any atom is -0.497 e. The van der Waals surface area contributed by atoms with E-state index in [2.05, 4.69) is 15.4 Å². The topological polar surface area (TPSA) is 68.5 Å². The van der Waals surface area contributed by atoms with Gasteiger partial charge >= 0.3 is 6.18 Å². The number of anilines is 1. The van der Waals surface area contributed by atoms with Gasteiger partial charge in [-0.3, -0.25) is 4.79 Å². The van der Waals surface area contributed by atoms with Crippen LogP contribution in [0.5, 0.6) is 5.75 Å². The van der Waals surface area contributed by atoms with Gasteiger partial charge in [-0.25, -0.2) is 9.50 Å². The predicted octanol–water partition coefficient (Wildman–Crippen LogP) is 5.95. The van der Waals surface area contributed by atoms with Crippen molar-refractivity contribution >= 4 is 28.8 Å². The molecule has 33 heavy (non-hydrogen) atoms. The maximum Gasteiger partial charge on any atom is 0.433 e. The van der Waals surface area contributed by atoms with Gasteiger partial charge in [0, 0.05) is 11.3 Å². The summed E-state index contributed by atoms with van der Waals surface area (Å²) in [6, 6.07) is 12.7. The van der Waals surface area contributed by atoms with Crippen molar-refractivity contribution in [1.29, 1.82) is 0 Å². The Kier molecular flexibility index (Phi) is 5.75. The van der Waals surface area contributed by atoms with Crippen LogP contribution in [-0.2, 0) is 6.18 Å². The van der Waals surface area contributed by atoms with Gasteiger partial charge < -0.3 is 10.1 Å². The molecule has 1 N–H and O–H groups in total. The number of halogens is 4. The molecule has 0 saturated carbocycles. The fourth-order valence-corrected chi connectivity index (χ4v) is 3.70. The van der Waals surface area contributed by atoms with Gasteiger partial charge in [-0.2, -0.15) is 18.3 Å². The molecule has 4 rings (SSSR count). The molecule has 0 spiro atoms. The number of alkyl halides is 3. The molecule has 0 aliphatic heterocycles. The monoisotopic (exact) mass is 474 g/mol. The van der Waals surface area contributed by atoms with E-state index >= 15 is 0 Å². The maximum absolute atomic E-state index is 13.9. The Morgan fingerprint density at radius 2 is 1.76 bits per heavy atom. The zero-order valence-electron chi connectivity index (χ0n) is 17.8. The quantitative estimate of drug-likeness (QED) is 0.397. The smallest absolute Gasteiger partial charge is 0.433 e. The third kappa shape index (κ3) is 4.23. The van der Waals surface area contributed by atoms with E-state index in [0.29, 0.717) is 21.5 Å². The van der Waals surface area contributed by atoms with Crippen molar-refractivity contribution in [1.82, 2.24) is 14.6 Å². The second-order valence-corrected chi connectivity index (χ2v) is 7.75. The number of rotatable bonds is 4. The van der Waals surface area contributed by atoms with Crippen molar-refractivity contribution in [3.05, 3.63) is 76.1 Å². The molecule has 4 aromatic rings. The molecule has 0 unspecified atom stereocenters.